The standard InChI is InChI=1S/C32H34N2O5/c1-3-39-20-30(35)34-15-14-26-25(22-10-7-11-23(16-22)32(37)38-2)13-12-24(29(26)19-34)18-33-31(36)28-17-27(28)21-8-5-4-6-9-21/h4-13,16,27-28H,3,14-15,17-20H2,1-2H3,(H,33,36)/t27-,28+/m0/s1. The van der Waals surface area contributed by atoms with Crippen molar-refractivity contribution in [2.75, 3.05) is 26.9 Å². The number of hydrogen-bond acceptors (Lipinski definition) is 5. The van der Waals surface area contributed by atoms with Crippen LogP contribution in [0.15, 0.2) is 66.7 Å². The Morgan fingerprint density at radius 2 is 1.82 bits per heavy atom. The molecule has 3 aromatic carbocycles. The summed E-state index contributed by atoms with van der Waals surface area (Å²) >= 11 is 0. The van der Waals surface area contributed by atoms with Crippen LogP contribution in [0.25, 0.3) is 11.1 Å². The molecule has 1 aliphatic heterocycles. The van der Waals surface area contributed by atoms with Gasteiger partial charge in [-0.05, 0) is 71.2 Å². The molecule has 1 saturated carbocycles. The lowest BCUT2D eigenvalue weighted by atomic mass is 9.87. The fourth-order valence-corrected chi connectivity index (χ4v) is 5.47. The minimum absolute atomic E-state index is 0.00664. The number of carbonyl (C=O) groups excluding carboxylic acids is 3. The van der Waals surface area contributed by atoms with E-state index in [-0.39, 0.29) is 36.2 Å². The normalized spacial score (nSPS) is 17.7. The van der Waals surface area contributed by atoms with Crippen molar-refractivity contribution >= 4 is 17.8 Å². The van der Waals surface area contributed by atoms with Crippen molar-refractivity contribution in [3.05, 3.63) is 94.5 Å². The van der Waals surface area contributed by atoms with E-state index in [1.165, 1.54) is 12.7 Å². The van der Waals surface area contributed by atoms with Crippen LogP contribution in [0.3, 0.4) is 0 Å². The first-order valence-corrected chi connectivity index (χ1v) is 13.5. The number of methoxy groups -OCH3 is 1. The zero-order valence-corrected chi connectivity index (χ0v) is 22.4. The molecule has 2 aliphatic rings. The number of hydrogen-bond donors (Lipinski definition) is 1. The van der Waals surface area contributed by atoms with Gasteiger partial charge in [-0.2, -0.15) is 0 Å². The number of benzene rings is 3. The first kappa shape index (κ1) is 26.6. The lowest BCUT2D eigenvalue weighted by Crippen LogP contribution is -2.39. The van der Waals surface area contributed by atoms with Gasteiger partial charge in [0.2, 0.25) is 11.8 Å². The monoisotopic (exact) mass is 526 g/mol. The van der Waals surface area contributed by atoms with Crippen LogP contribution in [0.2, 0.25) is 0 Å². The third kappa shape index (κ3) is 5.88. The maximum Gasteiger partial charge on any atom is 0.337 e. The minimum Gasteiger partial charge on any atom is -0.465 e. The lowest BCUT2D eigenvalue weighted by molar-refractivity contribution is -0.137. The molecule has 0 aromatic heterocycles. The first-order valence-electron chi connectivity index (χ1n) is 13.5. The van der Waals surface area contributed by atoms with Crippen LogP contribution in [-0.2, 0) is 38.6 Å². The zero-order chi connectivity index (χ0) is 27.4. The molecule has 2 amide bonds. The Morgan fingerprint density at radius 3 is 2.59 bits per heavy atom. The van der Waals surface area contributed by atoms with Crippen LogP contribution in [0.5, 0.6) is 0 Å². The lowest BCUT2D eigenvalue weighted by Gasteiger charge is -2.32. The second-order valence-electron chi connectivity index (χ2n) is 10.1. The summed E-state index contributed by atoms with van der Waals surface area (Å²) in [4.78, 5) is 39.8. The van der Waals surface area contributed by atoms with Gasteiger partial charge in [0, 0.05) is 32.2 Å². The van der Waals surface area contributed by atoms with E-state index in [2.05, 4.69) is 23.5 Å². The summed E-state index contributed by atoms with van der Waals surface area (Å²) in [7, 11) is 1.37. The highest BCUT2D eigenvalue weighted by atomic mass is 16.5. The maximum absolute atomic E-state index is 13.0. The molecule has 0 bridgehead atoms. The van der Waals surface area contributed by atoms with E-state index in [4.69, 9.17) is 9.47 Å². The van der Waals surface area contributed by atoms with Gasteiger partial charge < -0.3 is 19.7 Å². The molecule has 0 saturated heterocycles. The average Bonchev–Trinajstić information content (AvgIpc) is 3.79. The Hall–Kier alpha value is -3.97. The van der Waals surface area contributed by atoms with E-state index in [9.17, 15) is 14.4 Å². The third-order valence-electron chi connectivity index (χ3n) is 7.69. The zero-order valence-electron chi connectivity index (χ0n) is 22.4. The minimum atomic E-state index is -0.383. The topological polar surface area (TPSA) is 84.9 Å². The highest BCUT2D eigenvalue weighted by molar-refractivity contribution is 5.91. The molecule has 7 nitrogen and oxygen atoms in total. The average molecular weight is 527 g/mol. The third-order valence-corrected chi connectivity index (χ3v) is 7.69. The smallest absolute Gasteiger partial charge is 0.337 e. The molecular weight excluding hydrogens is 492 g/mol. The van der Waals surface area contributed by atoms with E-state index in [0.717, 1.165) is 34.2 Å². The van der Waals surface area contributed by atoms with Gasteiger partial charge in [-0.25, -0.2) is 4.79 Å². The van der Waals surface area contributed by atoms with Crippen molar-refractivity contribution in [2.24, 2.45) is 5.92 Å². The molecule has 1 heterocycles. The highest BCUT2D eigenvalue weighted by Crippen LogP contribution is 2.47. The molecule has 3 aromatic rings. The Bertz CT molecular complexity index is 1370. The van der Waals surface area contributed by atoms with E-state index in [1.54, 1.807) is 6.07 Å². The number of nitrogens with zero attached hydrogens (tertiary/aromatic N) is 1. The maximum atomic E-state index is 13.0. The van der Waals surface area contributed by atoms with Crippen molar-refractivity contribution in [1.82, 2.24) is 10.2 Å². The van der Waals surface area contributed by atoms with Crippen LogP contribution >= 0.6 is 0 Å². The molecule has 7 heteroatoms. The summed E-state index contributed by atoms with van der Waals surface area (Å²) in [5, 5.41) is 3.15. The first-order chi connectivity index (χ1) is 19.0. The molecular formula is C32H34N2O5. The van der Waals surface area contributed by atoms with E-state index >= 15 is 0 Å². The summed E-state index contributed by atoms with van der Waals surface area (Å²) in [5.41, 5.74) is 6.81. The fourth-order valence-electron chi connectivity index (χ4n) is 5.47. The number of ether oxygens (including phenoxy) is 2. The Kier molecular flexibility index (Phi) is 8.07. The van der Waals surface area contributed by atoms with Gasteiger partial charge in [-0.15, -0.1) is 0 Å². The molecule has 202 valence electrons. The molecule has 1 aliphatic carbocycles. The summed E-state index contributed by atoms with van der Waals surface area (Å²) < 4.78 is 10.3. The van der Waals surface area contributed by atoms with Gasteiger partial charge in [0.1, 0.15) is 6.61 Å². The van der Waals surface area contributed by atoms with Crippen molar-refractivity contribution < 1.29 is 23.9 Å². The van der Waals surface area contributed by atoms with Crippen LogP contribution in [0.1, 0.15) is 51.9 Å². The van der Waals surface area contributed by atoms with E-state index in [0.29, 0.717) is 38.2 Å². The van der Waals surface area contributed by atoms with Gasteiger partial charge in [-0.3, -0.25) is 9.59 Å². The van der Waals surface area contributed by atoms with Crippen molar-refractivity contribution in [1.29, 1.82) is 0 Å². The number of esters is 1. The predicted molar refractivity (Wildman–Crippen MR) is 148 cm³/mol. The summed E-state index contributed by atoms with van der Waals surface area (Å²) in [6.45, 7) is 3.85. The molecule has 1 fully saturated rings. The van der Waals surface area contributed by atoms with Crippen LogP contribution in [0, 0.1) is 5.92 Å². The molecule has 5 rings (SSSR count). The molecule has 2 atom stereocenters. The number of carbonyl (C=O) groups is 3. The molecule has 39 heavy (non-hydrogen) atoms. The van der Waals surface area contributed by atoms with Crippen molar-refractivity contribution in [2.45, 2.75) is 38.8 Å². The summed E-state index contributed by atoms with van der Waals surface area (Å²) in [5.74, 6) is -0.0949. The Balaban J connectivity index is 1.39. The Morgan fingerprint density at radius 1 is 1.00 bits per heavy atom. The van der Waals surface area contributed by atoms with Crippen molar-refractivity contribution in [3.8, 4) is 11.1 Å². The largest absolute Gasteiger partial charge is 0.465 e. The van der Waals surface area contributed by atoms with Crippen molar-refractivity contribution in [3.63, 3.8) is 0 Å². The van der Waals surface area contributed by atoms with Gasteiger partial charge in [0.15, 0.2) is 0 Å². The van der Waals surface area contributed by atoms with Crippen LogP contribution in [0.4, 0.5) is 0 Å². The molecule has 0 radical (unpaired) electrons. The molecule has 0 spiro atoms. The predicted octanol–water partition coefficient (Wildman–Crippen LogP) is 4.48. The Labute approximate surface area is 229 Å². The molecule has 1 N–H and O–H groups in total. The number of fused-ring (bicyclic) bond motifs is 1. The van der Waals surface area contributed by atoms with E-state index < -0.39 is 0 Å². The van der Waals surface area contributed by atoms with Crippen LogP contribution < -0.4 is 5.32 Å². The summed E-state index contributed by atoms with van der Waals surface area (Å²) in [6, 6.07) is 21.6. The van der Waals surface area contributed by atoms with Gasteiger partial charge in [0.05, 0.1) is 12.7 Å². The fraction of sp³-hybridized carbons (Fsp3) is 0.344. The van der Waals surface area contributed by atoms with E-state index in [1.807, 2.05) is 54.3 Å². The number of rotatable bonds is 9. The highest BCUT2D eigenvalue weighted by Gasteiger charge is 2.43. The number of amides is 2. The summed E-state index contributed by atoms with van der Waals surface area (Å²) in [6.07, 6.45) is 1.54. The SMILES string of the molecule is CCOCC(=O)N1CCc2c(-c3cccc(C(=O)OC)c3)ccc(CNC(=O)[C@@H]3C[C@H]3c3ccccc3)c2C1. The number of nitrogens with one attached hydrogen (secondary N) is 1. The molecule has 0 unspecified atom stereocenters. The second-order valence-corrected chi connectivity index (χ2v) is 10.1. The van der Waals surface area contributed by atoms with Gasteiger partial charge in [-0.1, -0.05) is 54.6 Å². The second kappa shape index (κ2) is 11.8. The quantitative estimate of drug-likeness (QED) is 0.416. The van der Waals surface area contributed by atoms with Gasteiger partial charge in [0.25, 0.3) is 0 Å². The van der Waals surface area contributed by atoms with Gasteiger partial charge >= 0.3 is 5.97 Å². The van der Waals surface area contributed by atoms with Crippen LogP contribution in [-0.4, -0.2) is 49.6 Å².